The highest BCUT2D eigenvalue weighted by atomic mass is 35.5. The van der Waals surface area contributed by atoms with Crippen molar-refractivity contribution < 1.29 is 9.53 Å². The zero-order chi connectivity index (χ0) is 22.5. The molecule has 1 amide bonds. The molecule has 0 radical (unpaired) electrons. The van der Waals surface area contributed by atoms with Gasteiger partial charge in [-0.05, 0) is 53.6 Å². The third-order valence-electron chi connectivity index (χ3n) is 5.50. The largest absolute Gasteiger partial charge is 0.484 e. The minimum absolute atomic E-state index is 0.00171. The lowest BCUT2D eigenvalue weighted by Gasteiger charge is -2.20. The standard InChI is InChI=1S/C26H26ClN3O2/c1-30(2)20-11-7-18(8-12-20)23(24-16-28-25-6-4-3-5-22(24)25)15-29-26(31)17-32-21-13-9-19(27)10-14-21/h3-14,16,23,28H,15,17H2,1-2H3,(H,29,31)/t23-/m1/s1. The van der Waals surface area contributed by atoms with Gasteiger partial charge < -0.3 is 19.9 Å². The molecule has 0 saturated carbocycles. The van der Waals surface area contributed by atoms with Crippen LogP contribution < -0.4 is 15.0 Å². The van der Waals surface area contributed by atoms with Crippen molar-refractivity contribution in [3.05, 3.63) is 95.1 Å². The summed E-state index contributed by atoms with van der Waals surface area (Å²) in [5.74, 6) is 0.438. The molecule has 164 valence electrons. The zero-order valence-corrected chi connectivity index (χ0v) is 18.9. The minimum atomic E-state index is -0.172. The Balaban J connectivity index is 1.51. The molecule has 3 aromatic carbocycles. The maximum absolute atomic E-state index is 12.5. The summed E-state index contributed by atoms with van der Waals surface area (Å²) in [5.41, 5.74) is 4.50. The van der Waals surface area contributed by atoms with Crippen molar-refractivity contribution >= 4 is 34.1 Å². The second-order valence-corrected chi connectivity index (χ2v) is 8.31. The van der Waals surface area contributed by atoms with Crippen molar-refractivity contribution in [1.82, 2.24) is 10.3 Å². The molecule has 0 aliphatic rings. The van der Waals surface area contributed by atoms with E-state index < -0.39 is 0 Å². The second kappa shape index (κ2) is 9.79. The van der Waals surface area contributed by atoms with Crippen LogP contribution in [0.5, 0.6) is 5.75 Å². The van der Waals surface area contributed by atoms with E-state index in [1.54, 1.807) is 24.3 Å². The number of ether oxygens (including phenoxy) is 1. The summed E-state index contributed by atoms with van der Waals surface area (Å²) in [5, 5.41) is 4.82. The molecule has 0 bridgehead atoms. The lowest BCUT2D eigenvalue weighted by Crippen LogP contribution is -2.32. The number of aromatic amines is 1. The molecule has 0 saturated heterocycles. The average Bonchev–Trinajstić information content (AvgIpc) is 3.23. The monoisotopic (exact) mass is 447 g/mol. The van der Waals surface area contributed by atoms with E-state index in [0.717, 1.165) is 27.7 Å². The fourth-order valence-corrected chi connectivity index (χ4v) is 3.87. The van der Waals surface area contributed by atoms with Gasteiger partial charge in [0.2, 0.25) is 0 Å². The van der Waals surface area contributed by atoms with E-state index in [0.29, 0.717) is 17.3 Å². The van der Waals surface area contributed by atoms with Gasteiger partial charge in [-0.25, -0.2) is 0 Å². The van der Waals surface area contributed by atoms with Crippen molar-refractivity contribution in [2.24, 2.45) is 0 Å². The van der Waals surface area contributed by atoms with E-state index >= 15 is 0 Å². The third kappa shape index (κ3) is 5.06. The van der Waals surface area contributed by atoms with Gasteiger partial charge in [0, 0.05) is 54.4 Å². The number of fused-ring (bicyclic) bond motifs is 1. The highest BCUT2D eigenvalue weighted by Crippen LogP contribution is 2.31. The Kier molecular flexibility index (Phi) is 6.66. The number of halogens is 1. The first-order valence-electron chi connectivity index (χ1n) is 10.5. The molecule has 1 aromatic heterocycles. The number of hydrogen-bond acceptors (Lipinski definition) is 3. The number of anilines is 1. The Morgan fingerprint density at radius 1 is 1.03 bits per heavy atom. The molecule has 6 heteroatoms. The quantitative estimate of drug-likeness (QED) is 0.389. The SMILES string of the molecule is CN(C)c1ccc([C@@H](CNC(=O)COc2ccc(Cl)cc2)c2c[nH]c3ccccc23)cc1. The molecule has 0 unspecified atom stereocenters. The molecule has 2 N–H and O–H groups in total. The molecular weight excluding hydrogens is 422 g/mol. The molecule has 0 aliphatic carbocycles. The van der Waals surface area contributed by atoms with Gasteiger partial charge in [-0.2, -0.15) is 0 Å². The Morgan fingerprint density at radius 3 is 2.47 bits per heavy atom. The van der Waals surface area contributed by atoms with Crippen LogP contribution in [0.25, 0.3) is 10.9 Å². The number of rotatable bonds is 8. The van der Waals surface area contributed by atoms with Crippen LogP contribution in [-0.2, 0) is 4.79 Å². The number of H-pyrrole nitrogens is 1. The van der Waals surface area contributed by atoms with Crippen molar-refractivity contribution in [2.75, 3.05) is 32.1 Å². The van der Waals surface area contributed by atoms with Gasteiger partial charge in [0.15, 0.2) is 6.61 Å². The van der Waals surface area contributed by atoms with Gasteiger partial charge in [-0.3, -0.25) is 4.79 Å². The van der Waals surface area contributed by atoms with Crippen LogP contribution in [0.15, 0.2) is 79.0 Å². The zero-order valence-electron chi connectivity index (χ0n) is 18.1. The average molecular weight is 448 g/mol. The molecule has 4 rings (SSSR count). The summed E-state index contributed by atoms with van der Waals surface area (Å²) < 4.78 is 5.58. The first-order chi connectivity index (χ1) is 15.5. The summed E-state index contributed by atoms with van der Waals surface area (Å²) in [6.45, 7) is 0.410. The summed E-state index contributed by atoms with van der Waals surface area (Å²) in [6.07, 6.45) is 2.03. The number of aromatic nitrogens is 1. The van der Waals surface area contributed by atoms with E-state index in [-0.39, 0.29) is 18.4 Å². The number of benzene rings is 3. The number of hydrogen-bond donors (Lipinski definition) is 2. The van der Waals surface area contributed by atoms with Crippen LogP contribution in [0.2, 0.25) is 5.02 Å². The van der Waals surface area contributed by atoms with Crippen LogP contribution >= 0.6 is 11.6 Å². The molecule has 0 spiro atoms. The predicted molar refractivity (Wildman–Crippen MR) is 131 cm³/mol. The Hall–Kier alpha value is -3.44. The van der Waals surface area contributed by atoms with Gasteiger partial charge in [0.25, 0.3) is 5.91 Å². The maximum Gasteiger partial charge on any atom is 0.257 e. The molecule has 32 heavy (non-hydrogen) atoms. The number of nitrogens with zero attached hydrogens (tertiary/aromatic N) is 1. The van der Waals surface area contributed by atoms with E-state index in [1.807, 2.05) is 32.4 Å². The van der Waals surface area contributed by atoms with E-state index in [4.69, 9.17) is 16.3 Å². The minimum Gasteiger partial charge on any atom is -0.484 e. The van der Waals surface area contributed by atoms with E-state index in [2.05, 4.69) is 51.6 Å². The number of para-hydroxylation sites is 1. The summed E-state index contributed by atoms with van der Waals surface area (Å²) in [7, 11) is 4.04. The second-order valence-electron chi connectivity index (χ2n) is 7.87. The van der Waals surface area contributed by atoms with Crippen molar-refractivity contribution in [3.8, 4) is 5.75 Å². The van der Waals surface area contributed by atoms with Crippen LogP contribution in [0.4, 0.5) is 5.69 Å². The van der Waals surface area contributed by atoms with Crippen molar-refractivity contribution in [1.29, 1.82) is 0 Å². The Bertz CT molecular complexity index is 1180. The molecule has 0 aliphatic heterocycles. The molecule has 1 atom stereocenters. The number of carbonyl (C=O) groups is 1. The van der Waals surface area contributed by atoms with Gasteiger partial charge in [-0.15, -0.1) is 0 Å². The summed E-state index contributed by atoms with van der Waals surface area (Å²) in [6, 6.07) is 23.6. The van der Waals surface area contributed by atoms with Crippen molar-refractivity contribution in [2.45, 2.75) is 5.92 Å². The fourth-order valence-electron chi connectivity index (χ4n) is 3.74. The third-order valence-corrected chi connectivity index (χ3v) is 5.75. The summed E-state index contributed by atoms with van der Waals surface area (Å²) in [4.78, 5) is 17.9. The fraction of sp³-hybridized carbons (Fsp3) is 0.192. The van der Waals surface area contributed by atoms with Gasteiger partial charge >= 0.3 is 0 Å². The van der Waals surface area contributed by atoms with E-state index in [9.17, 15) is 4.79 Å². The van der Waals surface area contributed by atoms with Crippen LogP contribution in [-0.4, -0.2) is 38.1 Å². The van der Waals surface area contributed by atoms with Crippen LogP contribution in [0.1, 0.15) is 17.0 Å². The number of nitrogens with one attached hydrogen (secondary N) is 2. The van der Waals surface area contributed by atoms with Crippen LogP contribution in [0.3, 0.4) is 0 Å². The van der Waals surface area contributed by atoms with Gasteiger partial charge in [0.05, 0.1) is 0 Å². The first-order valence-corrected chi connectivity index (χ1v) is 10.9. The number of carbonyl (C=O) groups excluding carboxylic acids is 1. The first kappa shape index (κ1) is 21.8. The maximum atomic E-state index is 12.5. The van der Waals surface area contributed by atoms with E-state index in [1.165, 1.54) is 0 Å². The predicted octanol–water partition coefficient (Wildman–Crippen LogP) is 5.21. The normalized spacial score (nSPS) is 11.8. The summed E-state index contributed by atoms with van der Waals surface area (Å²) >= 11 is 5.89. The Labute approximate surface area is 193 Å². The highest BCUT2D eigenvalue weighted by molar-refractivity contribution is 6.30. The highest BCUT2D eigenvalue weighted by Gasteiger charge is 2.19. The van der Waals surface area contributed by atoms with Crippen LogP contribution in [0, 0.1) is 0 Å². The number of amides is 1. The molecule has 1 heterocycles. The lowest BCUT2D eigenvalue weighted by atomic mass is 9.90. The topological polar surface area (TPSA) is 57.4 Å². The van der Waals surface area contributed by atoms with Gasteiger partial charge in [0.1, 0.15) is 5.75 Å². The molecule has 4 aromatic rings. The molecule has 5 nitrogen and oxygen atoms in total. The van der Waals surface area contributed by atoms with Crippen molar-refractivity contribution in [3.63, 3.8) is 0 Å². The lowest BCUT2D eigenvalue weighted by molar-refractivity contribution is -0.123. The smallest absolute Gasteiger partial charge is 0.257 e. The molecule has 0 fully saturated rings. The van der Waals surface area contributed by atoms with Gasteiger partial charge in [-0.1, -0.05) is 41.9 Å². The Morgan fingerprint density at radius 2 is 1.75 bits per heavy atom. The molecular formula is C26H26ClN3O2.